The van der Waals surface area contributed by atoms with Crippen LogP contribution in [0.25, 0.3) is 0 Å². The van der Waals surface area contributed by atoms with E-state index >= 15 is 0 Å². The maximum absolute atomic E-state index is 4.56. The molecular weight excluding hydrogens is 250 g/mol. The molecule has 2 N–H and O–H groups in total. The van der Waals surface area contributed by atoms with Crippen molar-refractivity contribution < 1.29 is 0 Å². The smallest absolute Gasteiger partial charge is 0.224 e. The van der Waals surface area contributed by atoms with Crippen molar-refractivity contribution in [2.45, 2.75) is 51.1 Å². The molecule has 0 aromatic carbocycles. The molecule has 2 aliphatic heterocycles. The van der Waals surface area contributed by atoms with Gasteiger partial charge in [0.25, 0.3) is 0 Å². The summed E-state index contributed by atoms with van der Waals surface area (Å²) >= 11 is 0. The van der Waals surface area contributed by atoms with Gasteiger partial charge in [-0.3, -0.25) is 4.90 Å². The number of fused-ring (bicyclic) bond motifs is 1. The lowest BCUT2D eigenvalue weighted by Crippen LogP contribution is -2.41. The maximum atomic E-state index is 4.56. The van der Waals surface area contributed by atoms with Gasteiger partial charge in [0.2, 0.25) is 5.95 Å². The highest BCUT2D eigenvalue weighted by Crippen LogP contribution is 2.29. The number of aromatic nitrogens is 2. The quantitative estimate of drug-likeness (QED) is 0.864. The second-order valence-electron chi connectivity index (χ2n) is 5.83. The highest BCUT2D eigenvalue weighted by molar-refractivity contribution is 5.41. The molecule has 20 heavy (non-hydrogen) atoms. The summed E-state index contributed by atoms with van der Waals surface area (Å²) in [6.45, 7) is 5.57. The summed E-state index contributed by atoms with van der Waals surface area (Å²) in [5.41, 5.74) is 0. The Bertz CT molecular complexity index is 436. The van der Waals surface area contributed by atoms with Gasteiger partial charge in [-0.15, -0.1) is 0 Å². The molecule has 5 heteroatoms. The minimum absolute atomic E-state index is 0.546. The summed E-state index contributed by atoms with van der Waals surface area (Å²) in [4.78, 5) is 11.5. The zero-order chi connectivity index (χ0) is 13.8. The SMILES string of the molecule is CCCNc1nccc(NC2CCN3CCCCC23)n1. The van der Waals surface area contributed by atoms with Crippen LogP contribution in [0.3, 0.4) is 0 Å². The maximum Gasteiger partial charge on any atom is 0.224 e. The molecule has 2 aliphatic rings. The van der Waals surface area contributed by atoms with E-state index in [9.17, 15) is 0 Å². The summed E-state index contributed by atoms with van der Waals surface area (Å²) in [6, 6.07) is 3.22. The van der Waals surface area contributed by atoms with Crippen LogP contribution in [0.2, 0.25) is 0 Å². The number of hydrogen-bond donors (Lipinski definition) is 2. The Labute approximate surface area is 121 Å². The molecule has 2 atom stereocenters. The van der Waals surface area contributed by atoms with Gasteiger partial charge in [-0.2, -0.15) is 4.98 Å². The van der Waals surface area contributed by atoms with Crippen molar-refractivity contribution in [3.8, 4) is 0 Å². The van der Waals surface area contributed by atoms with Crippen molar-refractivity contribution in [2.75, 3.05) is 30.3 Å². The lowest BCUT2D eigenvalue weighted by molar-refractivity contribution is 0.192. The number of hydrogen-bond acceptors (Lipinski definition) is 5. The first-order valence-electron chi connectivity index (χ1n) is 7.94. The molecule has 2 unspecified atom stereocenters. The van der Waals surface area contributed by atoms with Crippen LogP contribution in [0.15, 0.2) is 12.3 Å². The number of nitrogens with one attached hydrogen (secondary N) is 2. The van der Waals surface area contributed by atoms with Crippen LogP contribution >= 0.6 is 0 Å². The van der Waals surface area contributed by atoms with Crippen molar-refractivity contribution in [3.05, 3.63) is 12.3 Å². The van der Waals surface area contributed by atoms with Gasteiger partial charge in [0.15, 0.2) is 0 Å². The first-order valence-corrected chi connectivity index (χ1v) is 7.94. The fourth-order valence-electron chi connectivity index (χ4n) is 3.37. The Kier molecular flexibility index (Phi) is 4.35. The standard InChI is InChI=1S/C15H25N5/c1-2-8-16-15-17-9-6-14(19-15)18-12-7-11-20-10-4-3-5-13(12)20/h6,9,12-13H,2-5,7-8,10-11H2,1H3,(H2,16,17,18,19). The molecule has 1 aromatic heterocycles. The summed E-state index contributed by atoms with van der Waals surface area (Å²) in [6.07, 6.45) is 8.20. The molecule has 3 rings (SSSR count). The third-order valence-electron chi connectivity index (χ3n) is 4.38. The predicted molar refractivity (Wildman–Crippen MR) is 82.1 cm³/mol. The molecule has 0 amide bonds. The molecular formula is C15H25N5. The molecule has 0 bridgehead atoms. The zero-order valence-corrected chi connectivity index (χ0v) is 12.3. The fourth-order valence-corrected chi connectivity index (χ4v) is 3.37. The average Bonchev–Trinajstić information content (AvgIpc) is 2.89. The first-order chi connectivity index (χ1) is 9.86. The van der Waals surface area contributed by atoms with E-state index in [1.165, 1.54) is 38.8 Å². The summed E-state index contributed by atoms with van der Waals surface area (Å²) in [7, 11) is 0. The van der Waals surface area contributed by atoms with E-state index in [1.54, 1.807) is 0 Å². The Morgan fingerprint density at radius 1 is 1.30 bits per heavy atom. The highest BCUT2D eigenvalue weighted by atomic mass is 15.2. The second-order valence-corrected chi connectivity index (χ2v) is 5.83. The fraction of sp³-hybridized carbons (Fsp3) is 0.733. The van der Waals surface area contributed by atoms with E-state index in [0.717, 1.165) is 24.7 Å². The highest BCUT2D eigenvalue weighted by Gasteiger charge is 2.35. The van der Waals surface area contributed by atoms with Crippen LogP contribution in [0, 0.1) is 0 Å². The number of rotatable bonds is 5. The second kappa shape index (κ2) is 6.39. The molecule has 3 heterocycles. The summed E-state index contributed by atoms with van der Waals surface area (Å²) < 4.78 is 0. The third-order valence-corrected chi connectivity index (χ3v) is 4.38. The largest absolute Gasteiger partial charge is 0.366 e. The number of anilines is 2. The third kappa shape index (κ3) is 3.03. The number of piperidine rings is 1. The first kappa shape index (κ1) is 13.6. The van der Waals surface area contributed by atoms with Crippen LogP contribution in [-0.4, -0.2) is 46.6 Å². The van der Waals surface area contributed by atoms with Gasteiger partial charge in [0, 0.05) is 31.4 Å². The Hall–Kier alpha value is -1.36. The number of nitrogens with zero attached hydrogens (tertiary/aromatic N) is 3. The van der Waals surface area contributed by atoms with Gasteiger partial charge in [-0.1, -0.05) is 13.3 Å². The molecule has 2 fully saturated rings. The molecule has 0 aliphatic carbocycles. The van der Waals surface area contributed by atoms with Crippen LogP contribution in [0.5, 0.6) is 0 Å². The van der Waals surface area contributed by atoms with Crippen LogP contribution < -0.4 is 10.6 Å². The Balaban J connectivity index is 1.62. The Morgan fingerprint density at radius 2 is 2.25 bits per heavy atom. The predicted octanol–water partition coefficient (Wildman–Crippen LogP) is 2.34. The van der Waals surface area contributed by atoms with E-state index in [2.05, 4.69) is 32.4 Å². The molecule has 0 radical (unpaired) electrons. The van der Waals surface area contributed by atoms with Crippen molar-refractivity contribution in [1.82, 2.24) is 14.9 Å². The van der Waals surface area contributed by atoms with E-state index in [-0.39, 0.29) is 0 Å². The van der Waals surface area contributed by atoms with Gasteiger partial charge in [-0.05, 0) is 38.3 Å². The average molecular weight is 275 g/mol. The minimum Gasteiger partial charge on any atom is -0.366 e. The van der Waals surface area contributed by atoms with Gasteiger partial charge in [-0.25, -0.2) is 4.98 Å². The van der Waals surface area contributed by atoms with E-state index in [0.29, 0.717) is 12.1 Å². The Morgan fingerprint density at radius 3 is 3.15 bits per heavy atom. The molecule has 1 aromatic rings. The zero-order valence-electron chi connectivity index (χ0n) is 12.3. The summed E-state index contributed by atoms with van der Waals surface area (Å²) in [5, 5.41) is 6.87. The molecule has 0 spiro atoms. The molecule has 2 saturated heterocycles. The molecule has 110 valence electrons. The normalized spacial score (nSPS) is 26.2. The van der Waals surface area contributed by atoms with E-state index in [4.69, 9.17) is 0 Å². The van der Waals surface area contributed by atoms with Gasteiger partial charge < -0.3 is 10.6 Å². The van der Waals surface area contributed by atoms with E-state index < -0.39 is 0 Å². The monoisotopic (exact) mass is 275 g/mol. The molecule has 5 nitrogen and oxygen atoms in total. The van der Waals surface area contributed by atoms with E-state index in [1.807, 2.05) is 12.3 Å². The lowest BCUT2D eigenvalue weighted by Gasteiger charge is -2.32. The van der Waals surface area contributed by atoms with Gasteiger partial charge in [0.05, 0.1) is 0 Å². The summed E-state index contributed by atoms with van der Waals surface area (Å²) in [5.74, 6) is 1.69. The van der Waals surface area contributed by atoms with Crippen molar-refractivity contribution in [1.29, 1.82) is 0 Å². The minimum atomic E-state index is 0.546. The van der Waals surface area contributed by atoms with Gasteiger partial charge >= 0.3 is 0 Å². The van der Waals surface area contributed by atoms with Gasteiger partial charge in [0.1, 0.15) is 5.82 Å². The van der Waals surface area contributed by atoms with Crippen LogP contribution in [0.4, 0.5) is 11.8 Å². The van der Waals surface area contributed by atoms with Crippen molar-refractivity contribution in [2.24, 2.45) is 0 Å². The van der Waals surface area contributed by atoms with Crippen LogP contribution in [-0.2, 0) is 0 Å². The van der Waals surface area contributed by atoms with Crippen molar-refractivity contribution in [3.63, 3.8) is 0 Å². The van der Waals surface area contributed by atoms with Crippen LogP contribution in [0.1, 0.15) is 39.0 Å². The molecule has 0 saturated carbocycles. The topological polar surface area (TPSA) is 53.1 Å². The van der Waals surface area contributed by atoms with Crippen molar-refractivity contribution >= 4 is 11.8 Å². The lowest BCUT2D eigenvalue weighted by atomic mass is 9.99.